The fourth-order valence-corrected chi connectivity index (χ4v) is 1.12. The molecule has 0 bridgehead atoms. The van der Waals surface area contributed by atoms with Gasteiger partial charge in [0.1, 0.15) is 12.2 Å². The molecule has 100 valence electrons. The topological polar surface area (TPSA) is 99.6 Å². The lowest BCUT2D eigenvalue weighted by Crippen LogP contribution is -2.29. The minimum absolute atomic E-state index is 0.0825. The number of hydrogen-bond donors (Lipinski definition) is 3. The van der Waals surface area contributed by atoms with E-state index in [0.717, 1.165) is 0 Å². The van der Waals surface area contributed by atoms with Gasteiger partial charge in [-0.25, -0.2) is 4.79 Å². The van der Waals surface area contributed by atoms with Crippen LogP contribution in [0.3, 0.4) is 0 Å². The van der Waals surface area contributed by atoms with Crippen LogP contribution in [0.5, 0.6) is 0 Å². The van der Waals surface area contributed by atoms with Gasteiger partial charge in [0, 0.05) is 18.3 Å². The first-order chi connectivity index (χ1) is 7.78. The third-order valence-electron chi connectivity index (χ3n) is 1.80. The normalized spacial score (nSPS) is 14.3. The number of nitrogens with two attached hydrogens (primary N) is 2. The Bertz CT molecular complexity index is 272. The van der Waals surface area contributed by atoms with Gasteiger partial charge in [-0.15, -0.1) is 0 Å². The predicted octanol–water partition coefficient (Wildman–Crippen LogP) is 0.387. The number of hydrogen-bond acceptors (Lipinski definition) is 6. The summed E-state index contributed by atoms with van der Waals surface area (Å²) in [5, 5.41) is 0. The van der Waals surface area contributed by atoms with Crippen LogP contribution in [0.2, 0.25) is 0 Å². The van der Waals surface area contributed by atoms with E-state index in [2.05, 4.69) is 5.43 Å². The van der Waals surface area contributed by atoms with Gasteiger partial charge >= 0.3 is 5.97 Å². The summed E-state index contributed by atoms with van der Waals surface area (Å²) in [6.07, 6.45) is 1.71. The SMILES string of the molecule is C[C@H](C/C(=C/N)NN)OCC(=O)OC(C)(C)C. The third-order valence-corrected chi connectivity index (χ3v) is 1.80. The first kappa shape index (κ1) is 15.7. The van der Waals surface area contributed by atoms with Gasteiger partial charge in [0.25, 0.3) is 0 Å². The largest absolute Gasteiger partial charge is 0.458 e. The number of hydrazine groups is 1. The van der Waals surface area contributed by atoms with Crippen molar-refractivity contribution < 1.29 is 14.3 Å². The first-order valence-electron chi connectivity index (χ1n) is 5.49. The average Bonchev–Trinajstić information content (AvgIpc) is 2.20. The summed E-state index contributed by atoms with van der Waals surface area (Å²) in [5.41, 5.74) is 7.93. The molecule has 0 aliphatic rings. The highest BCUT2D eigenvalue weighted by molar-refractivity contribution is 5.71. The van der Waals surface area contributed by atoms with Crippen LogP contribution in [-0.2, 0) is 14.3 Å². The molecule has 0 spiro atoms. The Morgan fingerprint density at radius 3 is 2.47 bits per heavy atom. The highest BCUT2D eigenvalue weighted by Crippen LogP contribution is 2.08. The molecule has 6 nitrogen and oxygen atoms in total. The Hall–Kier alpha value is -1.27. The van der Waals surface area contributed by atoms with Crippen molar-refractivity contribution in [2.24, 2.45) is 11.6 Å². The van der Waals surface area contributed by atoms with Gasteiger partial charge < -0.3 is 20.6 Å². The van der Waals surface area contributed by atoms with Crippen LogP contribution in [-0.4, -0.2) is 24.3 Å². The van der Waals surface area contributed by atoms with Crippen LogP contribution >= 0.6 is 0 Å². The number of carbonyl (C=O) groups excluding carboxylic acids is 1. The van der Waals surface area contributed by atoms with Gasteiger partial charge in [-0.3, -0.25) is 5.84 Å². The maximum absolute atomic E-state index is 11.4. The summed E-state index contributed by atoms with van der Waals surface area (Å²) in [6.45, 7) is 7.16. The highest BCUT2D eigenvalue weighted by Gasteiger charge is 2.17. The lowest BCUT2D eigenvalue weighted by atomic mass is 10.2. The summed E-state index contributed by atoms with van der Waals surface area (Å²) in [6, 6.07) is 0. The molecular weight excluding hydrogens is 222 g/mol. The monoisotopic (exact) mass is 245 g/mol. The molecule has 0 aromatic carbocycles. The Labute approximate surface area is 102 Å². The fraction of sp³-hybridized carbons (Fsp3) is 0.727. The van der Waals surface area contributed by atoms with Gasteiger partial charge in [-0.05, 0) is 27.7 Å². The average molecular weight is 245 g/mol. The van der Waals surface area contributed by atoms with Gasteiger partial charge in [-0.2, -0.15) is 0 Å². The molecule has 0 aromatic heterocycles. The molecule has 0 aliphatic heterocycles. The second-order valence-corrected chi connectivity index (χ2v) is 4.75. The van der Waals surface area contributed by atoms with Crippen molar-refractivity contribution in [3.05, 3.63) is 11.9 Å². The lowest BCUT2D eigenvalue weighted by Gasteiger charge is -2.20. The zero-order valence-corrected chi connectivity index (χ0v) is 10.9. The van der Waals surface area contributed by atoms with Crippen LogP contribution in [0.1, 0.15) is 34.1 Å². The molecule has 0 unspecified atom stereocenters. The molecule has 0 saturated heterocycles. The minimum Gasteiger partial charge on any atom is -0.458 e. The molecule has 0 fully saturated rings. The number of rotatable bonds is 6. The molecule has 0 amide bonds. The van der Waals surface area contributed by atoms with Gasteiger partial charge in [0.15, 0.2) is 0 Å². The quantitative estimate of drug-likeness (QED) is 0.355. The van der Waals surface area contributed by atoms with E-state index in [0.29, 0.717) is 12.1 Å². The molecule has 0 aliphatic carbocycles. The molecule has 6 heteroatoms. The Balaban J connectivity index is 3.92. The number of ether oxygens (including phenoxy) is 2. The molecule has 17 heavy (non-hydrogen) atoms. The number of nitrogens with one attached hydrogen (secondary N) is 1. The first-order valence-corrected chi connectivity index (χ1v) is 5.49. The minimum atomic E-state index is -0.495. The molecule has 0 aromatic rings. The summed E-state index contributed by atoms with van der Waals surface area (Å²) in [5.74, 6) is 4.84. The van der Waals surface area contributed by atoms with Crippen LogP contribution < -0.4 is 17.0 Å². The fourth-order valence-electron chi connectivity index (χ4n) is 1.12. The van der Waals surface area contributed by atoms with Gasteiger partial charge in [0.2, 0.25) is 0 Å². The van der Waals surface area contributed by atoms with Crippen molar-refractivity contribution in [3.8, 4) is 0 Å². The van der Waals surface area contributed by atoms with E-state index in [1.807, 2.05) is 27.7 Å². The van der Waals surface area contributed by atoms with Gasteiger partial charge in [0.05, 0.1) is 6.10 Å². The molecule has 0 rings (SSSR count). The van der Waals surface area contributed by atoms with E-state index in [1.165, 1.54) is 6.20 Å². The van der Waals surface area contributed by atoms with Crippen molar-refractivity contribution in [1.82, 2.24) is 5.43 Å². The second kappa shape index (κ2) is 7.13. The zero-order chi connectivity index (χ0) is 13.5. The van der Waals surface area contributed by atoms with Crippen molar-refractivity contribution in [2.75, 3.05) is 6.61 Å². The summed E-state index contributed by atoms with van der Waals surface area (Å²) in [4.78, 5) is 11.4. The molecule has 1 atom stereocenters. The van der Waals surface area contributed by atoms with Crippen LogP contribution in [0.4, 0.5) is 0 Å². The number of carbonyl (C=O) groups is 1. The van der Waals surface area contributed by atoms with E-state index in [9.17, 15) is 4.79 Å². The summed E-state index contributed by atoms with van der Waals surface area (Å²) in [7, 11) is 0. The van der Waals surface area contributed by atoms with E-state index in [-0.39, 0.29) is 18.7 Å². The lowest BCUT2D eigenvalue weighted by molar-refractivity contribution is -0.161. The third kappa shape index (κ3) is 8.53. The van der Waals surface area contributed by atoms with E-state index < -0.39 is 5.60 Å². The van der Waals surface area contributed by atoms with Crippen molar-refractivity contribution in [1.29, 1.82) is 0 Å². The number of esters is 1. The van der Waals surface area contributed by atoms with Gasteiger partial charge in [-0.1, -0.05) is 0 Å². The van der Waals surface area contributed by atoms with Crippen LogP contribution in [0.15, 0.2) is 11.9 Å². The highest BCUT2D eigenvalue weighted by atomic mass is 16.6. The predicted molar refractivity (Wildman–Crippen MR) is 65.5 cm³/mol. The Morgan fingerprint density at radius 1 is 1.47 bits per heavy atom. The standard InChI is InChI=1S/C11H23N3O3/c1-8(5-9(6-12)14-13)16-7-10(15)17-11(2,3)4/h6,8,14H,5,7,12-13H2,1-4H3/b9-6-/t8-/m1/s1. The molecule has 0 saturated carbocycles. The zero-order valence-electron chi connectivity index (χ0n) is 10.9. The molecular formula is C11H23N3O3. The van der Waals surface area contributed by atoms with E-state index >= 15 is 0 Å². The summed E-state index contributed by atoms with van der Waals surface area (Å²) >= 11 is 0. The van der Waals surface area contributed by atoms with Crippen LogP contribution in [0, 0.1) is 0 Å². The van der Waals surface area contributed by atoms with Crippen molar-refractivity contribution >= 4 is 5.97 Å². The smallest absolute Gasteiger partial charge is 0.332 e. The van der Waals surface area contributed by atoms with Crippen LogP contribution in [0.25, 0.3) is 0 Å². The maximum Gasteiger partial charge on any atom is 0.332 e. The maximum atomic E-state index is 11.4. The molecule has 0 radical (unpaired) electrons. The molecule has 5 N–H and O–H groups in total. The van der Waals surface area contributed by atoms with E-state index in [4.69, 9.17) is 21.1 Å². The van der Waals surface area contributed by atoms with Crippen molar-refractivity contribution in [2.45, 2.75) is 45.8 Å². The Kier molecular flexibility index (Phi) is 6.60. The Morgan fingerprint density at radius 2 is 2.06 bits per heavy atom. The molecule has 0 heterocycles. The van der Waals surface area contributed by atoms with Crippen molar-refractivity contribution in [3.63, 3.8) is 0 Å². The van der Waals surface area contributed by atoms with E-state index in [1.54, 1.807) is 0 Å². The summed E-state index contributed by atoms with van der Waals surface area (Å²) < 4.78 is 10.4. The second-order valence-electron chi connectivity index (χ2n) is 4.75.